The molecule has 0 saturated carbocycles. The molecule has 0 bridgehead atoms. The summed E-state index contributed by atoms with van der Waals surface area (Å²) < 4.78 is 14.3. The molecule has 0 amide bonds. The van der Waals surface area contributed by atoms with Crippen molar-refractivity contribution in [3.8, 4) is 11.5 Å². The normalized spacial score (nSPS) is 13.5. The lowest BCUT2D eigenvalue weighted by atomic mass is 9.78. The quantitative estimate of drug-likeness (QED) is 0.197. The van der Waals surface area contributed by atoms with Crippen molar-refractivity contribution in [3.63, 3.8) is 0 Å². The molecule has 0 fully saturated rings. The highest BCUT2D eigenvalue weighted by Crippen LogP contribution is 2.36. The first kappa shape index (κ1) is 28.1. The number of halogens is 3. The topological polar surface area (TPSA) is 110 Å². The molecule has 35 heavy (non-hydrogen) atoms. The van der Waals surface area contributed by atoms with Gasteiger partial charge in [0, 0.05) is 5.41 Å². The Balaban J connectivity index is 1.61. The van der Waals surface area contributed by atoms with Gasteiger partial charge in [-0.1, -0.05) is 37.3 Å². The van der Waals surface area contributed by atoms with Gasteiger partial charge >= 0.3 is 0 Å². The predicted molar refractivity (Wildman–Crippen MR) is 145 cm³/mol. The highest BCUT2D eigenvalue weighted by molar-refractivity contribution is 14.1. The molecular weight excluding hydrogens is 653 g/mol. The highest BCUT2D eigenvalue weighted by atomic mass is 127. The number of benzene rings is 2. The van der Waals surface area contributed by atoms with Crippen LogP contribution in [0.2, 0.25) is 0 Å². The maximum absolute atomic E-state index is 10.3. The Morgan fingerprint density at radius 2 is 1.71 bits per heavy atom. The first-order valence-electron chi connectivity index (χ1n) is 10.9. The maximum Gasteiger partial charge on any atom is 0.149 e. The summed E-state index contributed by atoms with van der Waals surface area (Å²) in [5.41, 5.74) is 2.45. The Labute approximate surface area is 231 Å². The molecule has 0 aliphatic heterocycles. The third-order valence-electron chi connectivity index (χ3n) is 5.60. The van der Waals surface area contributed by atoms with E-state index in [9.17, 15) is 15.3 Å². The Morgan fingerprint density at radius 1 is 1.06 bits per heavy atom. The molecular formula is C24H28BrClIN3O5. The molecule has 3 aromatic rings. The largest absolute Gasteiger partial charge is 0.491 e. The SMILES string of the molecule is CC(C)(c1ccc(OC[C@H](O)Cn2nnc(I)c2CO)cc1)c1ccc(OC[C@@H](O)CCl)c(Br)c1. The van der Waals surface area contributed by atoms with Crippen LogP contribution >= 0.6 is 50.1 Å². The minimum atomic E-state index is -0.808. The van der Waals surface area contributed by atoms with Gasteiger partial charge in [-0.25, -0.2) is 4.68 Å². The van der Waals surface area contributed by atoms with E-state index in [2.05, 4.69) is 40.1 Å². The van der Waals surface area contributed by atoms with Crippen molar-refractivity contribution in [3.05, 3.63) is 67.5 Å². The lowest BCUT2D eigenvalue weighted by molar-refractivity contribution is 0.0866. The van der Waals surface area contributed by atoms with Crippen LogP contribution in [-0.4, -0.2) is 61.6 Å². The molecule has 1 heterocycles. The number of nitrogens with zero attached hydrogens (tertiary/aromatic N) is 3. The van der Waals surface area contributed by atoms with Gasteiger partial charge in [0.05, 0.1) is 29.2 Å². The molecule has 3 N–H and O–H groups in total. The van der Waals surface area contributed by atoms with Gasteiger partial charge in [-0.2, -0.15) is 0 Å². The van der Waals surface area contributed by atoms with Crippen LogP contribution in [0, 0.1) is 3.70 Å². The van der Waals surface area contributed by atoms with E-state index in [0.29, 0.717) is 20.9 Å². The van der Waals surface area contributed by atoms with Gasteiger partial charge in [0.1, 0.15) is 40.6 Å². The first-order chi connectivity index (χ1) is 16.6. The molecule has 2 atom stereocenters. The summed E-state index contributed by atoms with van der Waals surface area (Å²) in [7, 11) is 0. The van der Waals surface area contributed by atoms with Gasteiger partial charge < -0.3 is 24.8 Å². The molecule has 1 aromatic heterocycles. The van der Waals surface area contributed by atoms with E-state index in [1.165, 1.54) is 4.68 Å². The summed E-state index contributed by atoms with van der Waals surface area (Å²) in [5.74, 6) is 1.40. The predicted octanol–water partition coefficient (Wildman–Crippen LogP) is 3.88. The number of aromatic nitrogens is 3. The van der Waals surface area contributed by atoms with Crippen molar-refractivity contribution in [2.45, 2.75) is 44.6 Å². The monoisotopic (exact) mass is 679 g/mol. The molecule has 190 valence electrons. The summed E-state index contributed by atoms with van der Waals surface area (Å²) in [6, 6.07) is 13.6. The number of hydrogen-bond acceptors (Lipinski definition) is 7. The van der Waals surface area contributed by atoms with Crippen molar-refractivity contribution in [1.29, 1.82) is 0 Å². The minimum absolute atomic E-state index is 0.0802. The van der Waals surface area contributed by atoms with Gasteiger partial charge in [0.15, 0.2) is 0 Å². The smallest absolute Gasteiger partial charge is 0.149 e. The second kappa shape index (κ2) is 12.7. The molecule has 0 radical (unpaired) electrons. The molecule has 0 spiro atoms. The Hall–Kier alpha value is -1.44. The van der Waals surface area contributed by atoms with Gasteiger partial charge in [-0.15, -0.1) is 16.7 Å². The van der Waals surface area contributed by atoms with E-state index < -0.39 is 12.2 Å². The van der Waals surface area contributed by atoms with Gasteiger partial charge in [-0.05, 0) is 73.9 Å². The number of aliphatic hydroxyl groups excluding tert-OH is 3. The average molecular weight is 681 g/mol. The molecule has 3 rings (SSSR count). The molecule has 2 aromatic carbocycles. The lowest BCUT2D eigenvalue weighted by Gasteiger charge is -2.27. The van der Waals surface area contributed by atoms with Crippen molar-refractivity contribution in [2.24, 2.45) is 0 Å². The van der Waals surface area contributed by atoms with Crippen LogP contribution in [0.3, 0.4) is 0 Å². The maximum atomic E-state index is 10.3. The standard InChI is InChI=1S/C24H28BrClIN3O5/c1-24(2,16-5-8-22(20(25)9-16)35-13-17(32)10-26)15-3-6-19(7-4-15)34-14-18(33)11-30-21(12-31)23(27)28-29-30/h3-9,17-18,31-33H,10-14H2,1-2H3/t17-,18+/m0/s1. The molecule has 0 saturated heterocycles. The van der Waals surface area contributed by atoms with Crippen LogP contribution in [0.1, 0.15) is 30.7 Å². The van der Waals surface area contributed by atoms with Crippen molar-refractivity contribution < 1.29 is 24.8 Å². The fraction of sp³-hybridized carbons (Fsp3) is 0.417. The Bertz CT molecular complexity index is 1110. The molecule has 11 heteroatoms. The third kappa shape index (κ3) is 7.30. The average Bonchev–Trinajstić information content (AvgIpc) is 3.20. The van der Waals surface area contributed by atoms with Crippen LogP contribution in [-0.2, 0) is 18.6 Å². The second-order valence-corrected chi connectivity index (χ2v) is 10.7. The number of rotatable bonds is 12. The fourth-order valence-electron chi connectivity index (χ4n) is 3.42. The van der Waals surface area contributed by atoms with Crippen molar-refractivity contribution >= 4 is 50.1 Å². The van der Waals surface area contributed by atoms with E-state index in [1.54, 1.807) is 0 Å². The summed E-state index contributed by atoms with van der Waals surface area (Å²) in [6.45, 7) is 4.45. The third-order valence-corrected chi connectivity index (χ3v) is 7.42. The summed E-state index contributed by atoms with van der Waals surface area (Å²) in [4.78, 5) is 0. The van der Waals surface area contributed by atoms with E-state index in [4.69, 9.17) is 21.1 Å². The fourth-order valence-corrected chi connectivity index (χ4v) is 4.55. The van der Waals surface area contributed by atoms with Crippen LogP contribution in [0.15, 0.2) is 46.9 Å². The summed E-state index contributed by atoms with van der Waals surface area (Å²) >= 11 is 11.2. The zero-order valence-electron chi connectivity index (χ0n) is 19.4. The van der Waals surface area contributed by atoms with Gasteiger partial charge in [0.2, 0.25) is 0 Å². The van der Waals surface area contributed by atoms with Crippen LogP contribution in [0.4, 0.5) is 0 Å². The number of aliphatic hydroxyl groups is 3. The molecule has 0 unspecified atom stereocenters. The van der Waals surface area contributed by atoms with E-state index >= 15 is 0 Å². The molecule has 0 aliphatic carbocycles. The second-order valence-electron chi connectivity index (χ2n) is 8.55. The highest BCUT2D eigenvalue weighted by Gasteiger charge is 2.24. The van der Waals surface area contributed by atoms with E-state index in [1.807, 2.05) is 65.1 Å². The minimum Gasteiger partial charge on any atom is -0.491 e. The zero-order valence-corrected chi connectivity index (χ0v) is 23.9. The van der Waals surface area contributed by atoms with Crippen molar-refractivity contribution in [1.82, 2.24) is 15.0 Å². The van der Waals surface area contributed by atoms with Gasteiger partial charge in [-0.3, -0.25) is 0 Å². The van der Waals surface area contributed by atoms with E-state index in [0.717, 1.165) is 15.6 Å². The summed E-state index contributed by atoms with van der Waals surface area (Å²) in [6.07, 6.45) is -1.52. The van der Waals surface area contributed by atoms with Gasteiger partial charge in [0.25, 0.3) is 0 Å². The van der Waals surface area contributed by atoms with E-state index in [-0.39, 0.29) is 37.7 Å². The number of ether oxygens (including phenoxy) is 2. The van der Waals surface area contributed by atoms with Crippen LogP contribution in [0.25, 0.3) is 0 Å². The summed E-state index contributed by atoms with van der Waals surface area (Å²) in [5, 5.41) is 37.2. The van der Waals surface area contributed by atoms with Crippen LogP contribution in [0.5, 0.6) is 11.5 Å². The van der Waals surface area contributed by atoms with Crippen LogP contribution < -0.4 is 9.47 Å². The first-order valence-corrected chi connectivity index (χ1v) is 13.3. The zero-order chi connectivity index (χ0) is 25.6. The Kier molecular flexibility index (Phi) is 10.2. The van der Waals surface area contributed by atoms with Crippen molar-refractivity contribution in [2.75, 3.05) is 19.1 Å². The number of hydrogen-bond donors (Lipinski definition) is 3. The Morgan fingerprint density at radius 3 is 2.34 bits per heavy atom. The number of alkyl halides is 1. The molecule has 8 nitrogen and oxygen atoms in total. The molecule has 0 aliphatic rings. The lowest BCUT2D eigenvalue weighted by Crippen LogP contribution is -2.25.